The van der Waals surface area contributed by atoms with Crippen LogP contribution in [0.3, 0.4) is 0 Å². The fourth-order valence-corrected chi connectivity index (χ4v) is 4.54. The van der Waals surface area contributed by atoms with Crippen LogP contribution in [-0.2, 0) is 11.3 Å². The second-order valence-corrected chi connectivity index (χ2v) is 9.14. The molecule has 4 N–H and O–H groups in total. The van der Waals surface area contributed by atoms with Crippen molar-refractivity contribution in [3.05, 3.63) is 77.9 Å². The zero-order valence-electron chi connectivity index (χ0n) is 20.4. The summed E-state index contributed by atoms with van der Waals surface area (Å²) >= 11 is 0. The molecule has 37 heavy (non-hydrogen) atoms. The molecule has 0 bridgehead atoms. The van der Waals surface area contributed by atoms with Crippen LogP contribution in [0.2, 0.25) is 0 Å². The summed E-state index contributed by atoms with van der Waals surface area (Å²) in [4.78, 5) is 19.6. The lowest BCUT2D eigenvalue weighted by atomic mass is 10.0. The quantitative estimate of drug-likeness (QED) is 0.317. The van der Waals surface area contributed by atoms with Gasteiger partial charge in [-0.15, -0.1) is 0 Å². The van der Waals surface area contributed by atoms with Gasteiger partial charge in [0.2, 0.25) is 0 Å². The molecule has 0 aliphatic carbocycles. The molecule has 1 fully saturated rings. The van der Waals surface area contributed by atoms with Crippen molar-refractivity contribution in [3.8, 4) is 22.5 Å². The number of likely N-dealkylation sites (tertiary alicyclic amines) is 1. The standard InChI is InChI=1S/C26H28N4.C2HF3O2/c1-18-4-2-6-24-25(18)29-26(28-24)22-13-11-21(12-14-22)20-9-7-19(8-10-20)17-30-15-3-5-23(30)16-27;3-2(4,5)1(6)7/h2,4,6-14,23H,3,5,15-17,27H2,1H3,(H,28,29);(H,6,7). The predicted molar refractivity (Wildman–Crippen MR) is 138 cm³/mol. The molecule has 194 valence electrons. The Hall–Kier alpha value is -3.69. The fourth-order valence-electron chi connectivity index (χ4n) is 4.54. The molecule has 3 aromatic carbocycles. The number of carboxylic acids is 1. The Kier molecular flexibility index (Phi) is 7.94. The van der Waals surface area contributed by atoms with E-state index in [0.29, 0.717) is 6.04 Å². The van der Waals surface area contributed by atoms with Gasteiger partial charge in [0.15, 0.2) is 0 Å². The van der Waals surface area contributed by atoms with Crippen molar-refractivity contribution < 1.29 is 23.1 Å². The molecule has 0 radical (unpaired) electrons. The molecule has 9 heteroatoms. The number of halogens is 3. The Morgan fingerprint density at radius 1 is 1.05 bits per heavy atom. The Balaban J connectivity index is 0.000000405. The molecule has 0 spiro atoms. The maximum Gasteiger partial charge on any atom is 0.490 e. The third kappa shape index (κ3) is 6.36. The van der Waals surface area contributed by atoms with Gasteiger partial charge in [0.1, 0.15) is 5.82 Å². The monoisotopic (exact) mass is 510 g/mol. The van der Waals surface area contributed by atoms with Crippen molar-refractivity contribution in [2.24, 2.45) is 5.73 Å². The van der Waals surface area contributed by atoms with Crippen LogP contribution < -0.4 is 5.73 Å². The Labute approximate surface area is 212 Å². The third-order valence-corrected chi connectivity index (χ3v) is 6.56. The first-order valence-electron chi connectivity index (χ1n) is 12.0. The van der Waals surface area contributed by atoms with Crippen molar-refractivity contribution in [3.63, 3.8) is 0 Å². The number of benzene rings is 3. The summed E-state index contributed by atoms with van der Waals surface area (Å²) in [5.41, 5.74) is 14.2. The maximum atomic E-state index is 10.6. The van der Waals surface area contributed by atoms with Gasteiger partial charge in [0.25, 0.3) is 0 Å². The van der Waals surface area contributed by atoms with E-state index in [1.807, 2.05) is 0 Å². The van der Waals surface area contributed by atoms with Crippen molar-refractivity contribution >= 4 is 17.0 Å². The second kappa shape index (κ2) is 11.1. The lowest BCUT2D eigenvalue weighted by Crippen LogP contribution is -2.34. The molecule has 4 aromatic rings. The zero-order chi connectivity index (χ0) is 26.6. The molecule has 0 amide bonds. The lowest BCUT2D eigenvalue weighted by Gasteiger charge is -2.23. The second-order valence-electron chi connectivity index (χ2n) is 9.14. The molecule has 6 nitrogen and oxygen atoms in total. The van der Waals surface area contributed by atoms with Gasteiger partial charge in [-0.3, -0.25) is 4.90 Å². The highest BCUT2D eigenvalue weighted by atomic mass is 19.4. The number of imidazole rings is 1. The maximum absolute atomic E-state index is 10.6. The topological polar surface area (TPSA) is 95.2 Å². The number of hydrogen-bond acceptors (Lipinski definition) is 4. The van der Waals surface area contributed by atoms with Gasteiger partial charge in [-0.25, -0.2) is 9.78 Å². The zero-order valence-corrected chi connectivity index (χ0v) is 20.4. The minimum absolute atomic E-state index is 0.541. The van der Waals surface area contributed by atoms with Crippen LogP contribution >= 0.6 is 0 Å². The lowest BCUT2D eigenvalue weighted by molar-refractivity contribution is -0.192. The van der Waals surface area contributed by atoms with Gasteiger partial charge in [-0.05, 0) is 54.6 Å². The predicted octanol–water partition coefficient (Wildman–Crippen LogP) is 5.76. The van der Waals surface area contributed by atoms with E-state index in [9.17, 15) is 13.2 Å². The van der Waals surface area contributed by atoms with E-state index in [-0.39, 0.29) is 0 Å². The average Bonchev–Trinajstić information content (AvgIpc) is 3.52. The van der Waals surface area contributed by atoms with Crippen LogP contribution in [0.15, 0.2) is 66.7 Å². The summed E-state index contributed by atoms with van der Waals surface area (Å²) in [5, 5.41) is 7.12. The highest BCUT2D eigenvalue weighted by molar-refractivity contribution is 5.82. The Morgan fingerprint density at radius 2 is 1.65 bits per heavy atom. The number of alkyl halides is 3. The van der Waals surface area contributed by atoms with Gasteiger partial charge in [0.05, 0.1) is 11.0 Å². The molecule has 1 aliphatic heterocycles. The number of hydrogen-bond donors (Lipinski definition) is 3. The van der Waals surface area contributed by atoms with Crippen LogP contribution in [0.1, 0.15) is 24.0 Å². The number of H-pyrrole nitrogens is 1. The number of para-hydroxylation sites is 1. The molecule has 1 aromatic heterocycles. The molecule has 1 unspecified atom stereocenters. The summed E-state index contributed by atoms with van der Waals surface area (Å²) in [7, 11) is 0. The van der Waals surface area contributed by atoms with Gasteiger partial charge < -0.3 is 15.8 Å². The molecule has 2 heterocycles. The van der Waals surface area contributed by atoms with E-state index in [1.165, 1.54) is 35.1 Å². The van der Waals surface area contributed by atoms with Gasteiger partial charge >= 0.3 is 12.1 Å². The van der Waals surface area contributed by atoms with E-state index in [4.69, 9.17) is 20.6 Å². The molecule has 1 saturated heterocycles. The van der Waals surface area contributed by atoms with Crippen LogP contribution in [0, 0.1) is 6.92 Å². The molecule has 5 rings (SSSR count). The number of nitrogens with one attached hydrogen (secondary N) is 1. The first-order chi connectivity index (χ1) is 17.7. The molecule has 1 aliphatic rings. The molecule has 1 atom stereocenters. The minimum Gasteiger partial charge on any atom is -0.475 e. The first-order valence-corrected chi connectivity index (χ1v) is 12.0. The fraction of sp³-hybridized carbons (Fsp3) is 0.286. The van der Waals surface area contributed by atoms with Crippen LogP contribution in [-0.4, -0.2) is 51.3 Å². The molecule has 0 saturated carbocycles. The summed E-state index contributed by atoms with van der Waals surface area (Å²) in [5.74, 6) is -1.84. The highest BCUT2D eigenvalue weighted by Crippen LogP contribution is 2.27. The van der Waals surface area contributed by atoms with Gasteiger partial charge in [0, 0.05) is 24.7 Å². The number of aromatic amines is 1. The Morgan fingerprint density at radius 3 is 2.22 bits per heavy atom. The smallest absolute Gasteiger partial charge is 0.475 e. The normalized spacial score (nSPS) is 16.0. The summed E-state index contributed by atoms with van der Waals surface area (Å²) in [6, 6.07) is 24.4. The van der Waals surface area contributed by atoms with E-state index >= 15 is 0 Å². The summed E-state index contributed by atoms with van der Waals surface area (Å²) in [6.07, 6.45) is -2.59. The average molecular weight is 511 g/mol. The van der Waals surface area contributed by atoms with E-state index < -0.39 is 12.1 Å². The number of carboxylic acid groups (broad SMARTS) is 1. The van der Waals surface area contributed by atoms with Gasteiger partial charge in [-0.2, -0.15) is 13.2 Å². The van der Waals surface area contributed by atoms with Crippen molar-refractivity contribution in [1.82, 2.24) is 14.9 Å². The van der Waals surface area contributed by atoms with Crippen LogP contribution in [0.5, 0.6) is 0 Å². The SMILES string of the molecule is Cc1cccc2[nH]c(-c3ccc(-c4ccc(CN5CCCC5CN)cc4)cc3)nc12.O=C(O)C(F)(F)F. The summed E-state index contributed by atoms with van der Waals surface area (Å²) < 4.78 is 31.7. The number of aromatic nitrogens is 2. The Bertz CT molecular complexity index is 1350. The third-order valence-electron chi connectivity index (χ3n) is 6.56. The van der Waals surface area contributed by atoms with Crippen LogP contribution in [0.25, 0.3) is 33.5 Å². The number of fused-ring (bicyclic) bond motifs is 1. The van der Waals surface area contributed by atoms with E-state index in [1.54, 1.807) is 0 Å². The number of nitrogens with zero attached hydrogens (tertiary/aromatic N) is 2. The number of nitrogens with two attached hydrogens (primary N) is 1. The number of aliphatic carboxylic acids is 1. The minimum atomic E-state index is -5.08. The van der Waals surface area contributed by atoms with Crippen LogP contribution in [0.4, 0.5) is 13.2 Å². The number of carbonyl (C=O) groups is 1. The van der Waals surface area contributed by atoms with Crippen molar-refractivity contribution in [1.29, 1.82) is 0 Å². The summed E-state index contributed by atoms with van der Waals surface area (Å²) in [6.45, 7) is 5.01. The number of aryl methyl sites for hydroxylation is 1. The largest absolute Gasteiger partial charge is 0.490 e. The van der Waals surface area contributed by atoms with E-state index in [0.717, 1.165) is 42.1 Å². The molecular formula is C28H29F3N4O2. The highest BCUT2D eigenvalue weighted by Gasteiger charge is 2.38. The van der Waals surface area contributed by atoms with Crippen molar-refractivity contribution in [2.75, 3.05) is 13.1 Å². The molecular weight excluding hydrogens is 481 g/mol. The number of rotatable bonds is 5. The first kappa shape index (κ1) is 26.4. The van der Waals surface area contributed by atoms with Gasteiger partial charge in [-0.1, -0.05) is 60.7 Å². The van der Waals surface area contributed by atoms with Crippen molar-refractivity contribution in [2.45, 2.75) is 38.5 Å². The van der Waals surface area contributed by atoms with E-state index in [2.05, 4.69) is 83.5 Å².